The monoisotopic (exact) mass is 268 g/mol. The molecule has 3 heteroatoms. The van der Waals surface area contributed by atoms with Crippen LogP contribution >= 0.6 is 0 Å². The van der Waals surface area contributed by atoms with Crippen molar-refractivity contribution in [2.24, 2.45) is 5.73 Å². The van der Waals surface area contributed by atoms with Crippen molar-refractivity contribution >= 4 is 11.6 Å². The molecular formula is C17H20N2O. The maximum atomic E-state index is 12.4. The Morgan fingerprint density at radius 1 is 1.05 bits per heavy atom. The van der Waals surface area contributed by atoms with Crippen LogP contribution in [-0.2, 0) is 6.42 Å². The van der Waals surface area contributed by atoms with Crippen LogP contribution < -0.4 is 10.6 Å². The van der Waals surface area contributed by atoms with Crippen LogP contribution in [0.15, 0.2) is 48.5 Å². The summed E-state index contributed by atoms with van der Waals surface area (Å²) in [6.45, 7) is 2.64. The molecule has 0 unspecified atom stereocenters. The van der Waals surface area contributed by atoms with Gasteiger partial charge in [0.05, 0.1) is 0 Å². The number of anilines is 1. The smallest absolute Gasteiger partial charge is 0.258 e. The molecule has 0 aromatic heterocycles. The predicted octanol–water partition coefficient (Wildman–Crippen LogP) is 2.77. The van der Waals surface area contributed by atoms with E-state index in [2.05, 4.69) is 0 Å². The molecular weight excluding hydrogens is 248 g/mol. The SMILES string of the molecule is Cc1ccc(C(=O)N(C)c2ccc(CCN)cc2)cc1. The molecule has 0 heterocycles. The van der Waals surface area contributed by atoms with Crippen molar-refractivity contribution in [3.05, 3.63) is 65.2 Å². The minimum Gasteiger partial charge on any atom is -0.330 e. The van der Waals surface area contributed by atoms with Gasteiger partial charge in [-0.1, -0.05) is 29.8 Å². The zero-order valence-corrected chi connectivity index (χ0v) is 12.0. The molecule has 2 N–H and O–H groups in total. The van der Waals surface area contributed by atoms with Gasteiger partial charge in [-0.25, -0.2) is 0 Å². The van der Waals surface area contributed by atoms with E-state index in [0.29, 0.717) is 12.1 Å². The van der Waals surface area contributed by atoms with E-state index in [1.807, 2.05) is 55.5 Å². The van der Waals surface area contributed by atoms with Crippen LogP contribution in [0.3, 0.4) is 0 Å². The van der Waals surface area contributed by atoms with Gasteiger partial charge in [-0.05, 0) is 49.7 Å². The van der Waals surface area contributed by atoms with Crippen LogP contribution in [0.1, 0.15) is 21.5 Å². The summed E-state index contributed by atoms with van der Waals surface area (Å²) in [5, 5.41) is 0. The van der Waals surface area contributed by atoms with Crippen molar-refractivity contribution in [1.29, 1.82) is 0 Å². The van der Waals surface area contributed by atoms with Gasteiger partial charge in [-0.3, -0.25) is 4.79 Å². The van der Waals surface area contributed by atoms with Crippen molar-refractivity contribution < 1.29 is 4.79 Å². The maximum absolute atomic E-state index is 12.4. The summed E-state index contributed by atoms with van der Waals surface area (Å²) >= 11 is 0. The summed E-state index contributed by atoms with van der Waals surface area (Å²) in [5.74, 6) is -0.00317. The molecule has 0 saturated heterocycles. The fourth-order valence-electron chi connectivity index (χ4n) is 2.06. The van der Waals surface area contributed by atoms with Crippen LogP contribution in [0, 0.1) is 6.92 Å². The summed E-state index contributed by atoms with van der Waals surface area (Å²) in [4.78, 5) is 14.0. The normalized spacial score (nSPS) is 10.3. The highest BCUT2D eigenvalue weighted by atomic mass is 16.2. The molecule has 0 aliphatic heterocycles. The standard InChI is InChI=1S/C17H20N2O/c1-13-3-7-15(8-4-13)17(20)19(2)16-9-5-14(6-10-16)11-12-18/h3-10H,11-12,18H2,1-2H3. The molecule has 3 nitrogen and oxygen atoms in total. The van der Waals surface area contributed by atoms with Crippen molar-refractivity contribution in [1.82, 2.24) is 0 Å². The molecule has 0 spiro atoms. The Labute approximate surface area is 120 Å². The first-order valence-corrected chi connectivity index (χ1v) is 6.75. The first kappa shape index (κ1) is 14.3. The topological polar surface area (TPSA) is 46.3 Å². The van der Waals surface area contributed by atoms with Gasteiger partial charge in [0.1, 0.15) is 0 Å². The van der Waals surface area contributed by atoms with E-state index in [0.717, 1.165) is 17.7 Å². The number of hydrogen-bond acceptors (Lipinski definition) is 2. The molecule has 0 atom stereocenters. The number of amides is 1. The lowest BCUT2D eigenvalue weighted by Gasteiger charge is -2.18. The third-order valence-electron chi connectivity index (χ3n) is 3.36. The number of benzene rings is 2. The molecule has 0 aliphatic rings. The van der Waals surface area contributed by atoms with Crippen LogP contribution in [0.25, 0.3) is 0 Å². The van der Waals surface area contributed by atoms with E-state index >= 15 is 0 Å². The Morgan fingerprint density at radius 3 is 2.20 bits per heavy atom. The fraction of sp³-hybridized carbons (Fsp3) is 0.235. The molecule has 20 heavy (non-hydrogen) atoms. The van der Waals surface area contributed by atoms with Crippen LogP contribution in [0.4, 0.5) is 5.69 Å². The molecule has 0 radical (unpaired) electrons. The van der Waals surface area contributed by atoms with E-state index in [1.54, 1.807) is 11.9 Å². The lowest BCUT2D eigenvalue weighted by Crippen LogP contribution is -2.26. The number of rotatable bonds is 4. The Bertz CT molecular complexity index is 573. The van der Waals surface area contributed by atoms with Crippen LogP contribution in [0.2, 0.25) is 0 Å². The van der Waals surface area contributed by atoms with E-state index in [9.17, 15) is 4.79 Å². The second-order valence-corrected chi connectivity index (χ2v) is 4.94. The lowest BCUT2D eigenvalue weighted by atomic mass is 10.1. The summed E-state index contributed by atoms with van der Waals surface area (Å²) in [5.41, 5.74) is 9.45. The number of carbonyl (C=O) groups is 1. The van der Waals surface area contributed by atoms with Crippen molar-refractivity contribution in [3.8, 4) is 0 Å². The van der Waals surface area contributed by atoms with Gasteiger partial charge in [-0.15, -0.1) is 0 Å². The molecule has 2 aromatic carbocycles. The molecule has 0 fully saturated rings. The fourth-order valence-corrected chi connectivity index (χ4v) is 2.06. The van der Waals surface area contributed by atoms with Crippen molar-refractivity contribution in [3.63, 3.8) is 0 Å². The number of nitrogens with zero attached hydrogens (tertiary/aromatic N) is 1. The zero-order valence-electron chi connectivity index (χ0n) is 12.0. The molecule has 0 aliphatic carbocycles. The second-order valence-electron chi connectivity index (χ2n) is 4.94. The Kier molecular flexibility index (Phi) is 4.53. The number of aryl methyl sites for hydroxylation is 1. The summed E-state index contributed by atoms with van der Waals surface area (Å²) in [6.07, 6.45) is 0.857. The minimum atomic E-state index is -0.00317. The van der Waals surface area contributed by atoms with E-state index < -0.39 is 0 Å². The minimum absolute atomic E-state index is 0.00317. The third-order valence-corrected chi connectivity index (χ3v) is 3.36. The summed E-state index contributed by atoms with van der Waals surface area (Å²) in [7, 11) is 1.79. The van der Waals surface area contributed by atoms with Gasteiger partial charge < -0.3 is 10.6 Å². The van der Waals surface area contributed by atoms with Crippen LogP contribution in [0.5, 0.6) is 0 Å². The highest BCUT2D eigenvalue weighted by molar-refractivity contribution is 6.05. The Morgan fingerprint density at radius 2 is 1.65 bits per heavy atom. The van der Waals surface area contributed by atoms with Gasteiger partial charge in [0, 0.05) is 18.3 Å². The number of carbonyl (C=O) groups excluding carboxylic acids is 1. The van der Waals surface area contributed by atoms with E-state index in [1.165, 1.54) is 5.56 Å². The van der Waals surface area contributed by atoms with Crippen molar-refractivity contribution in [2.75, 3.05) is 18.5 Å². The maximum Gasteiger partial charge on any atom is 0.258 e. The first-order chi connectivity index (χ1) is 9.61. The molecule has 0 saturated carbocycles. The van der Waals surface area contributed by atoms with Gasteiger partial charge >= 0.3 is 0 Å². The van der Waals surface area contributed by atoms with E-state index in [-0.39, 0.29) is 5.91 Å². The average Bonchev–Trinajstić information content (AvgIpc) is 2.48. The molecule has 1 amide bonds. The summed E-state index contributed by atoms with van der Waals surface area (Å²) in [6, 6.07) is 15.6. The number of nitrogens with two attached hydrogens (primary N) is 1. The predicted molar refractivity (Wildman–Crippen MR) is 83.1 cm³/mol. The molecule has 2 aromatic rings. The van der Waals surface area contributed by atoms with Gasteiger partial charge in [0.25, 0.3) is 5.91 Å². The van der Waals surface area contributed by atoms with Crippen molar-refractivity contribution in [2.45, 2.75) is 13.3 Å². The highest BCUT2D eigenvalue weighted by Gasteiger charge is 2.12. The molecule has 2 rings (SSSR count). The number of hydrogen-bond donors (Lipinski definition) is 1. The first-order valence-electron chi connectivity index (χ1n) is 6.75. The molecule has 0 bridgehead atoms. The average molecular weight is 268 g/mol. The van der Waals surface area contributed by atoms with E-state index in [4.69, 9.17) is 5.73 Å². The Hall–Kier alpha value is -2.13. The van der Waals surface area contributed by atoms with Gasteiger partial charge in [-0.2, -0.15) is 0 Å². The largest absolute Gasteiger partial charge is 0.330 e. The van der Waals surface area contributed by atoms with Crippen LogP contribution in [-0.4, -0.2) is 19.5 Å². The van der Waals surface area contributed by atoms with Gasteiger partial charge in [0.15, 0.2) is 0 Å². The summed E-state index contributed by atoms with van der Waals surface area (Å²) < 4.78 is 0. The highest BCUT2D eigenvalue weighted by Crippen LogP contribution is 2.17. The zero-order chi connectivity index (χ0) is 14.5. The Balaban J connectivity index is 2.15. The van der Waals surface area contributed by atoms with Gasteiger partial charge in [0.2, 0.25) is 0 Å². The third kappa shape index (κ3) is 3.25. The molecule has 104 valence electrons. The lowest BCUT2D eigenvalue weighted by molar-refractivity contribution is 0.0993. The second kappa shape index (κ2) is 6.35. The quantitative estimate of drug-likeness (QED) is 0.926.